The highest BCUT2D eigenvalue weighted by Gasteiger charge is 2.28. The molecule has 1 rings (SSSR count). The molecule has 0 fully saturated rings. The zero-order valence-corrected chi connectivity index (χ0v) is 14.4. The van der Waals surface area contributed by atoms with Crippen LogP contribution >= 0.6 is 15.9 Å². The van der Waals surface area contributed by atoms with Gasteiger partial charge in [0.15, 0.2) is 0 Å². The molecule has 0 saturated carbocycles. The van der Waals surface area contributed by atoms with Crippen LogP contribution in [0.25, 0.3) is 0 Å². The lowest BCUT2D eigenvalue weighted by atomic mass is 9.81. The number of hydrogen-bond acceptors (Lipinski definition) is 4. The summed E-state index contributed by atoms with van der Waals surface area (Å²) in [5.41, 5.74) is 6.69. The van der Waals surface area contributed by atoms with Gasteiger partial charge in [-0.3, -0.25) is 4.79 Å². The standard InChI is InChI=1S/C15H22BrNO4/c1-15(2,8-13(18)19)7-11(17)14-10(16)5-9(20-3)6-12(14)21-4/h5-6,11H,7-8,17H2,1-4H3,(H,18,19). The molecule has 0 heterocycles. The van der Waals surface area contributed by atoms with Crippen LogP contribution in [0.5, 0.6) is 11.5 Å². The molecule has 0 radical (unpaired) electrons. The first-order chi connectivity index (χ1) is 9.70. The van der Waals surface area contributed by atoms with Crippen molar-refractivity contribution in [1.29, 1.82) is 0 Å². The molecule has 1 unspecified atom stereocenters. The van der Waals surface area contributed by atoms with Crippen molar-refractivity contribution >= 4 is 21.9 Å². The molecule has 0 amide bonds. The number of methoxy groups -OCH3 is 2. The summed E-state index contributed by atoms with van der Waals surface area (Å²) in [7, 11) is 3.15. The van der Waals surface area contributed by atoms with E-state index in [1.165, 1.54) is 0 Å². The average molecular weight is 360 g/mol. The molecule has 0 aliphatic heterocycles. The van der Waals surface area contributed by atoms with Gasteiger partial charge in [-0.15, -0.1) is 0 Å². The molecule has 0 aliphatic carbocycles. The van der Waals surface area contributed by atoms with Crippen molar-refractivity contribution in [1.82, 2.24) is 0 Å². The first-order valence-electron chi connectivity index (χ1n) is 6.59. The Hall–Kier alpha value is -1.27. The van der Waals surface area contributed by atoms with Crippen molar-refractivity contribution in [3.05, 3.63) is 22.2 Å². The number of carboxylic acids is 1. The zero-order chi connectivity index (χ0) is 16.2. The summed E-state index contributed by atoms with van der Waals surface area (Å²) < 4.78 is 11.4. The summed E-state index contributed by atoms with van der Waals surface area (Å²) >= 11 is 3.48. The molecule has 3 N–H and O–H groups in total. The van der Waals surface area contributed by atoms with Crippen LogP contribution < -0.4 is 15.2 Å². The molecule has 21 heavy (non-hydrogen) atoms. The van der Waals surface area contributed by atoms with Crippen molar-refractivity contribution in [2.24, 2.45) is 11.1 Å². The highest BCUT2D eigenvalue weighted by molar-refractivity contribution is 9.10. The molecule has 1 aromatic carbocycles. The molecule has 6 heteroatoms. The fourth-order valence-corrected chi connectivity index (χ4v) is 3.11. The Kier molecular flexibility index (Phi) is 6.04. The summed E-state index contributed by atoms with van der Waals surface area (Å²) in [5, 5.41) is 8.96. The fraction of sp³-hybridized carbons (Fsp3) is 0.533. The molecule has 1 aromatic rings. The minimum atomic E-state index is -0.826. The van der Waals surface area contributed by atoms with E-state index in [0.717, 1.165) is 10.0 Å². The van der Waals surface area contributed by atoms with E-state index < -0.39 is 11.4 Å². The predicted octanol–water partition coefficient (Wildman–Crippen LogP) is 3.36. The summed E-state index contributed by atoms with van der Waals surface area (Å²) in [6, 6.07) is 3.25. The van der Waals surface area contributed by atoms with Gasteiger partial charge in [-0.2, -0.15) is 0 Å². The van der Waals surface area contributed by atoms with E-state index in [4.69, 9.17) is 20.3 Å². The number of nitrogens with two attached hydrogens (primary N) is 1. The SMILES string of the molecule is COc1cc(Br)c(C(N)CC(C)(C)CC(=O)O)c(OC)c1. The topological polar surface area (TPSA) is 81.8 Å². The maximum atomic E-state index is 10.9. The Bertz CT molecular complexity index is 517. The highest BCUT2D eigenvalue weighted by atomic mass is 79.9. The zero-order valence-electron chi connectivity index (χ0n) is 12.8. The first kappa shape index (κ1) is 17.8. The van der Waals surface area contributed by atoms with E-state index in [-0.39, 0.29) is 12.5 Å². The molecule has 5 nitrogen and oxygen atoms in total. The Labute approximate surface area is 133 Å². The predicted molar refractivity (Wildman–Crippen MR) is 84.8 cm³/mol. The lowest BCUT2D eigenvalue weighted by Gasteiger charge is -2.28. The van der Waals surface area contributed by atoms with Gasteiger partial charge in [0, 0.05) is 22.1 Å². The van der Waals surface area contributed by atoms with Crippen LogP contribution in [-0.2, 0) is 4.79 Å². The Morgan fingerprint density at radius 2 is 2.00 bits per heavy atom. The Morgan fingerprint density at radius 3 is 2.48 bits per heavy atom. The van der Waals surface area contributed by atoms with Crippen LogP contribution in [0.4, 0.5) is 0 Å². The monoisotopic (exact) mass is 359 g/mol. The van der Waals surface area contributed by atoms with Crippen LogP contribution in [0.3, 0.4) is 0 Å². The van der Waals surface area contributed by atoms with Gasteiger partial charge >= 0.3 is 5.97 Å². The third-order valence-corrected chi connectivity index (χ3v) is 3.95. The summed E-state index contributed by atoms with van der Waals surface area (Å²) in [5.74, 6) is 0.465. The van der Waals surface area contributed by atoms with Gasteiger partial charge in [-0.05, 0) is 17.9 Å². The van der Waals surface area contributed by atoms with Gasteiger partial charge in [0.2, 0.25) is 0 Å². The normalized spacial score (nSPS) is 12.9. The van der Waals surface area contributed by atoms with Crippen molar-refractivity contribution < 1.29 is 19.4 Å². The van der Waals surface area contributed by atoms with Crippen molar-refractivity contribution in [3.63, 3.8) is 0 Å². The van der Waals surface area contributed by atoms with Gasteiger partial charge in [-0.25, -0.2) is 0 Å². The molecule has 118 valence electrons. The number of aliphatic carboxylic acids is 1. The molecule has 0 bridgehead atoms. The van der Waals surface area contributed by atoms with Gasteiger partial charge < -0.3 is 20.3 Å². The minimum Gasteiger partial charge on any atom is -0.497 e. The molecule has 0 aromatic heterocycles. The number of benzene rings is 1. The summed E-state index contributed by atoms with van der Waals surface area (Å²) in [6.45, 7) is 3.79. The summed E-state index contributed by atoms with van der Waals surface area (Å²) in [4.78, 5) is 10.9. The molecule has 0 spiro atoms. The number of ether oxygens (including phenoxy) is 2. The molecule has 0 saturated heterocycles. The number of rotatable bonds is 7. The lowest BCUT2D eigenvalue weighted by molar-refractivity contribution is -0.139. The molecule has 1 atom stereocenters. The fourth-order valence-electron chi connectivity index (χ4n) is 2.39. The van der Waals surface area contributed by atoms with Crippen LogP contribution in [0.2, 0.25) is 0 Å². The third-order valence-electron chi connectivity index (χ3n) is 3.29. The smallest absolute Gasteiger partial charge is 0.303 e. The quantitative estimate of drug-likeness (QED) is 0.779. The van der Waals surface area contributed by atoms with Crippen LogP contribution in [0.1, 0.15) is 38.3 Å². The van der Waals surface area contributed by atoms with E-state index >= 15 is 0 Å². The average Bonchev–Trinajstić information content (AvgIpc) is 2.34. The minimum absolute atomic E-state index is 0.0663. The number of halogens is 1. The maximum Gasteiger partial charge on any atom is 0.303 e. The van der Waals surface area contributed by atoms with E-state index in [1.54, 1.807) is 20.3 Å². The second-order valence-corrected chi connectivity index (χ2v) is 6.62. The van der Waals surface area contributed by atoms with E-state index in [2.05, 4.69) is 15.9 Å². The van der Waals surface area contributed by atoms with Crippen LogP contribution in [-0.4, -0.2) is 25.3 Å². The van der Waals surface area contributed by atoms with Gasteiger partial charge in [0.05, 0.1) is 20.6 Å². The van der Waals surface area contributed by atoms with E-state index in [1.807, 2.05) is 19.9 Å². The van der Waals surface area contributed by atoms with Gasteiger partial charge in [0.25, 0.3) is 0 Å². The Morgan fingerprint density at radius 1 is 1.38 bits per heavy atom. The summed E-state index contributed by atoms with van der Waals surface area (Å²) in [6.07, 6.45) is 0.595. The lowest BCUT2D eigenvalue weighted by Crippen LogP contribution is -2.24. The van der Waals surface area contributed by atoms with Gasteiger partial charge in [0.1, 0.15) is 11.5 Å². The van der Waals surface area contributed by atoms with Crippen molar-refractivity contribution in [2.45, 2.75) is 32.7 Å². The number of hydrogen-bond donors (Lipinski definition) is 2. The third kappa shape index (κ3) is 4.89. The number of carbonyl (C=O) groups is 1. The Balaban J connectivity index is 3.07. The number of carboxylic acid groups (broad SMARTS) is 1. The second kappa shape index (κ2) is 7.13. The second-order valence-electron chi connectivity index (χ2n) is 5.77. The van der Waals surface area contributed by atoms with Gasteiger partial charge in [-0.1, -0.05) is 29.8 Å². The maximum absolute atomic E-state index is 10.9. The van der Waals surface area contributed by atoms with E-state index in [0.29, 0.717) is 17.9 Å². The largest absolute Gasteiger partial charge is 0.497 e. The molecular formula is C15H22BrNO4. The van der Waals surface area contributed by atoms with Crippen LogP contribution in [0, 0.1) is 5.41 Å². The van der Waals surface area contributed by atoms with Crippen molar-refractivity contribution in [2.75, 3.05) is 14.2 Å². The van der Waals surface area contributed by atoms with Crippen molar-refractivity contribution in [3.8, 4) is 11.5 Å². The highest BCUT2D eigenvalue weighted by Crippen LogP contribution is 2.40. The molecular weight excluding hydrogens is 338 g/mol. The van der Waals surface area contributed by atoms with Crippen LogP contribution in [0.15, 0.2) is 16.6 Å². The van der Waals surface area contributed by atoms with E-state index in [9.17, 15) is 4.79 Å². The first-order valence-corrected chi connectivity index (χ1v) is 7.38. The molecule has 0 aliphatic rings.